The summed E-state index contributed by atoms with van der Waals surface area (Å²) in [7, 11) is 4.08. The van der Waals surface area contributed by atoms with Crippen molar-refractivity contribution in [2.24, 2.45) is 0 Å². The van der Waals surface area contributed by atoms with Gasteiger partial charge < -0.3 is 19.5 Å². The first-order valence-corrected chi connectivity index (χ1v) is 7.31. The van der Waals surface area contributed by atoms with Crippen LogP contribution in [-0.2, 0) is 6.54 Å². The lowest BCUT2D eigenvalue weighted by Crippen LogP contribution is -2.19. The first-order chi connectivity index (χ1) is 10.2. The highest BCUT2D eigenvalue weighted by atomic mass is 16.5. The second kappa shape index (κ2) is 8.32. The lowest BCUT2D eigenvalue weighted by Gasteiger charge is -2.12. The lowest BCUT2D eigenvalue weighted by atomic mass is 10.3. The molecule has 5 heteroatoms. The molecule has 21 heavy (non-hydrogen) atoms. The van der Waals surface area contributed by atoms with Crippen LogP contribution < -0.4 is 10.1 Å². The molecule has 1 aromatic carbocycles. The molecule has 1 aromatic heterocycles. The Bertz CT molecular complexity index is 494. The third-order valence-electron chi connectivity index (χ3n) is 3.14. The van der Waals surface area contributed by atoms with Gasteiger partial charge in [-0.15, -0.1) is 0 Å². The Labute approximate surface area is 126 Å². The van der Waals surface area contributed by atoms with Crippen molar-refractivity contribution in [2.75, 3.05) is 39.1 Å². The molecule has 114 valence electrons. The van der Waals surface area contributed by atoms with Gasteiger partial charge in [-0.2, -0.15) is 0 Å². The fourth-order valence-corrected chi connectivity index (χ4v) is 1.93. The van der Waals surface area contributed by atoms with Gasteiger partial charge in [-0.1, -0.05) is 0 Å². The standard InChI is InChI=1S/C16H24N4O/c1-19(2)12-13-21-16-6-4-15(5-7-16)18-8-3-10-20-11-9-17-14-20/h4-7,9,11,14,18H,3,8,10,12-13H2,1-2H3. The van der Waals surface area contributed by atoms with E-state index in [2.05, 4.69) is 31.9 Å². The SMILES string of the molecule is CN(C)CCOc1ccc(NCCCn2ccnc2)cc1. The fraction of sp³-hybridized carbons (Fsp3) is 0.438. The summed E-state index contributed by atoms with van der Waals surface area (Å²) in [5.41, 5.74) is 1.13. The molecule has 1 heterocycles. The van der Waals surface area contributed by atoms with Crippen LogP contribution in [0.2, 0.25) is 0 Å². The number of anilines is 1. The van der Waals surface area contributed by atoms with E-state index >= 15 is 0 Å². The van der Waals surface area contributed by atoms with E-state index in [1.165, 1.54) is 0 Å². The van der Waals surface area contributed by atoms with Crippen molar-refractivity contribution in [3.05, 3.63) is 43.0 Å². The number of ether oxygens (including phenoxy) is 1. The van der Waals surface area contributed by atoms with E-state index < -0.39 is 0 Å². The third-order valence-corrected chi connectivity index (χ3v) is 3.14. The van der Waals surface area contributed by atoms with Crippen LogP contribution in [-0.4, -0.2) is 48.2 Å². The number of nitrogens with one attached hydrogen (secondary N) is 1. The molecule has 2 aromatic rings. The summed E-state index contributed by atoms with van der Waals surface area (Å²) in [5.74, 6) is 0.917. The molecule has 0 atom stereocenters. The normalized spacial score (nSPS) is 10.8. The average Bonchev–Trinajstić information content (AvgIpc) is 2.98. The van der Waals surface area contributed by atoms with E-state index in [0.717, 1.165) is 37.5 Å². The Hall–Kier alpha value is -2.01. The number of rotatable bonds is 9. The van der Waals surface area contributed by atoms with Gasteiger partial charge in [0.15, 0.2) is 0 Å². The van der Waals surface area contributed by atoms with E-state index in [-0.39, 0.29) is 0 Å². The van der Waals surface area contributed by atoms with Crippen LogP contribution in [0.4, 0.5) is 5.69 Å². The minimum Gasteiger partial charge on any atom is -0.492 e. The quantitative estimate of drug-likeness (QED) is 0.719. The van der Waals surface area contributed by atoms with Crippen molar-refractivity contribution >= 4 is 5.69 Å². The first-order valence-electron chi connectivity index (χ1n) is 7.31. The Morgan fingerprint density at radius 1 is 1.24 bits per heavy atom. The number of likely N-dealkylation sites (N-methyl/N-ethyl adjacent to an activating group) is 1. The average molecular weight is 288 g/mol. The summed E-state index contributed by atoms with van der Waals surface area (Å²) in [6.07, 6.45) is 6.71. The minimum atomic E-state index is 0.713. The molecule has 0 saturated heterocycles. The number of aromatic nitrogens is 2. The second-order valence-corrected chi connectivity index (χ2v) is 5.26. The van der Waals surface area contributed by atoms with Crippen LogP contribution in [0.15, 0.2) is 43.0 Å². The largest absolute Gasteiger partial charge is 0.492 e. The Morgan fingerprint density at radius 3 is 2.71 bits per heavy atom. The monoisotopic (exact) mass is 288 g/mol. The maximum absolute atomic E-state index is 5.67. The maximum atomic E-state index is 5.67. The summed E-state index contributed by atoms with van der Waals surface area (Å²) in [5, 5.41) is 3.41. The molecular formula is C16H24N4O. The number of nitrogens with zero attached hydrogens (tertiary/aromatic N) is 3. The van der Waals surface area contributed by atoms with Crippen LogP contribution in [0.3, 0.4) is 0 Å². The molecular weight excluding hydrogens is 264 g/mol. The molecule has 0 spiro atoms. The molecule has 0 fully saturated rings. The minimum absolute atomic E-state index is 0.713. The molecule has 0 aliphatic heterocycles. The van der Waals surface area contributed by atoms with E-state index in [1.54, 1.807) is 0 Å². The third kappa shape index (κ3) is 5.87. The molecule has 0 aliphatic carbocycles. The van der Waals surface area contributed by atoms with Crippen LogP contribution >= 0.6 is 0 Å². The summed E-state index contributed by atoms with van der Waals surface area (Å²) < 4.78 is 7.75. The Morgan fingerprint density at radius 2 is 2.05 bits per heavy atom. The van der Waals surface area contributed by atoms with Gasteiger partial charge >= 0.3 is 0 Å². The van der Waals surface area contributed by atoms with Crippen LogP contribution in [0.5, 0.6) is 5.75 Å². The van der Waals surface area contributed by atoms with Gasteiger partial charge in [0.25, 0.3) is 0 Å². The smallest absolute Gasteiger partial charge is 0.119 e. The number of hydrogen-bond acceptors (Lipinski definition) is 4. The summed E-state index contributed by atoms with van der Waals surface area (Å²) in [6, 6.07) is 8.13. The summed E-state index contributed by atoms with van der Waals surface area (Å²) in [4.78, 5) is 6.14. The fourth-order valence-electron chi connectivity index (χ4n) is 1.93. The zero-order chi connectivity index (χ0) is 14.9. The van der Waals surface area contributed by atoms with Gasteiger partial charge in [-0.25, -0.2) is 4.98 Å². The van der Waals surface area contributed by atoms with Crippen molar-refractivity contribution in [1.82, 2.24) is 14.5 Å². The van der Waals surface area contributed by atoms with Gasteiger partial charge in [-0.05, 0) is 44.8 Å². The van der Waals surface area contributed by atoms with Crippen molar-refractivity contribution in [1.29, 1.82) is 0 Å². The van der Waals surface area contributed by atoms with E-state index in [4.69, 9.17) is 4.74 Å². The molecule has 0 aliphatic rings. The van der Waals surface area contributed by atoms with E-state index in [0.29, 0.717) is 6.61 Å². The lowest BCUT2D eigenvalue weighted by molar-refractivity contribution is 0.261. The van der Waals surface area contributed by atoms with Gasteiger partial charge in [0.1, 0.15) is 12.4 Å². The molecule has 1 N–H and O–H groups in total. The highest BCUT2D eigenvalue weighted by Crippen LogP contribution is 2.15. The number of hydrogen-bond donors (Lipinski definition) is 1. The van der Waals surface area contributed by atoms with Crippen molar-refractivity contribution in [3.8, 4) is 5.75 Å². The topological polar surface area (TPSA) is 42.3 Å². The van der Waals surface area contributed by atoms with Crippen LogP contribution in [0, 0.1) is 0 Å². The van der Waals surface area contributed by atoms with Gasteiger partial charge in [0.05, 0.1) is 6.33 Å². The molecule has 5 nitrogen and oxygen atoms in total. The number of imidazole rings is 1. The summed E-state index contributed by atoms with van der Waals surface area (Å²) in [6.45, 7) is 3.57. The van der Waals surface area contributed by atoms with Crippen LogP contribution in [0.1, 0.15) is 6.42 Å². The Kier molecular flexibility index (Phi) is 6.09. The highest BCUT2D eigenvalue weighted by molar-refractivity contribution is 5.46. The van der Waals surface area contributed by atoms with Gasteiger partial charge in [0.2, 0.25) is 0 Å². The second-order valence-electron chi connectivity index (χ2n) is 5.26. The van der Waals surface area contributed by atoms with Crippen molar-refractivity contribution < 1.29 is 4.74 Å². The predicted molar refractivity (Wildman–Crippen MR) is 85.8 cm³/mol. The zero-order valence-electron chi connectivity index (χ0n) is 12.8. The number of aryl methyl sites for hydroxylation is 1. The first kappa shape index (κ1) is 15.4. The van der Waals surface area contributed by atoms with Gasteiger partial charge in [-0.3, -0.25) is 0 Å². The Balaban J connectivity index is 1.65. The van der Waals surface area contributed by atoms with Gasteiger partial charge in [0, 0.05) is 37.7 Å². The number of benzene rings is 1. The van der Waals surface area contributed by atoms with Crippen LogP contribution in [0.25, 0.3) is 0 Å². The maximum Gasteiger partial charge on any atom is 0.119 e. The predicted octanol–water partition coefficient (Wildman–Crippen LogP) is 2.33. The molecule has 0 saturated carbocycles. The van der Waals surface area contributed by atoms with Crippen molar-refractivity contribution in [3.63, 3.8) is 0 Å². The molecule has 2 rings (SSSR count). The van der Waals surface area contributed by atoms with E-state index in [9.17, 15) is 0 Å². The summed E-state index contributed by atoms with van der Waals surface area (Å²) >= 11 is 0. The molecule has 0 radical (unpaired) electrons. The highest BCUT2D eigenvalue weighted by Gasteiger charge is 1.97. The molecule has 0 unspecified atom stereocenters. The molecule has 0 amide bonds. The molecule has 0 bridgehead atoms. The zero-order valence-corrected chi connectivity index (χ0v) is 12.8. The van der Waals surface area contributed by atoms with E-state index in [1.807, 2.05) is 44.9 Å². The van der Waals surface area contributed by atoms with Crippen molar-refractivity contribution in [2.45, 2.75) is 13.0 Å².